The summed E-state index contributed by atoms with van der Waals surface area (Å²) >= 11 is 7.25. The van der Waals surface area contributed by atoms with Gasteiger partial charge in [0.2, 0.25) is 5.91 Å². The number of ether oxygens (including phenoxy) is 1. The van der Waals surface area contributed by atoms with Gasteiger partial charge in [0.15, 0.2) is 5.11 Å². The molecule has 214 valence electrons. The van der Waals surface area contributed by atoms with Gasteiger partial charge in [-0.1, -0.05) is 0 Å². The molecule has 0 spiro atoms. The molecule has 1 aliphatic heterocycles. The highest BCUT2D eigenvalue weighted by Gasteiger charge is 2.39. The van der Waals surface area contributed by atoms with Gasteiger partial charge in [0.1, 0.15) is 10.6 Å². The van der Waals surface area contributed by atoms with Gasteiger partial charge in [0.25, 0.3) is 5.91 Å². The zero-order chi connectivity index (χ0) is 27.9. The van der Waals surface area contributed by atoms with Crippen molar-refractivity contribution in [2.24, 2.45) is 11.8 Å². The lowest BCUT2D eigenvalue weighted by molar-refractivity contribution is -0.117. The number of likely N-dealkylation sites (tertiary alicyclic amines) is 1. The first-order chi connectivity index (χ1) is 18.4. The number of aryl methyl sites for hydroxylation is 1. The number of hydrogen-bond donors (Lipinski definition) is 4. The summed E-state index contributed by atoms with van der Waals surface area (Å²) < 4.78 is 5.53. The number of rotatable bonds is 7. The Morgan fingerprint density at radius 3 is 2.56 bits per heavy atom. The third kappa shape index (κ3) is 7.22. The van der Waals surface area contributed by atoms with Crippen molar-refractivity contribution >= 4 is 51.6 Å². The maximum absolute atomic E-state index is 13.3. The van der Waals surface area contributed by atoms with Gasteiger partial charge in [0.05, 0.1) is 11.1 Å². The van der Waals surface area contributed by atoms with E-state index >= 15 is 0 Å². The van der Waals surface area contributed by atoms with Crippen molar-refractivity contribution in [3.8, 4) is 0 Å². The Hall–Kier alpha value is -2.40. The SMILES string of the molecule is CC1(NC(=S)N[C@H]2CCc3sc(NC(=O)C4CC4)c(C(=O)NCC4CC4)c3C2)CCN(C(=O)OC(C)(C)C)C1. The van der Waals surface area contributed by atoms with Crippen molar-refractivity contribution in [2.45, 2.75) is 96.2 Å². The standard InChI is InChI=1S/C28H41N5O4S2/c1-27(2,3)37-26(36)33-12-11-28(4,15-33)32-25(38)30-18-9-10-20-19(13-18)21(23(35)29-14-16-5-6-16)24(39-20)31-22(34)17-7-8-17/h16-18H,5-15H2,1-4H3,(H,29,35)(H,31,34)(H2,30,32,38)/t18-,28?/m0/s1. The van der Waals surface area contributed by atoms with Crippen LogP contribution in [0.5, 0.6) is 0 Å². The van der Waals surface area contributed by atoms with Crippen LogP contribution in [0.4, 0.5) is 9.80 Å². The van der Waals surface area contributed by atoms with E-state index in [1.165, 1.54) is 4.88 Å². The molecule has 0 radical (unpaired) electrons. The molecule has 4 N–H and O–H groups in total. The second-order valence-corrected chi connectivity index (χ2v) is 14.4. The zero-order valence-electron chi connectivity index (χ0n) is 23.4. The van der Waals surface area contributed by atoms with E-state index in [2.05, 4.69) is 28.2 Å². The topological polar surface area (TPSA) is 112 Å². The zero-order valence-corrected chi connectivity index (χ0v) is 25.0. The number of carbonyl (C=O) groups excluding carboxylic acids is 3. The number of nitrogens with zero attached hydrogens (tertiary/aromatic N) is 1. The summed E-state index contributed by atoms with van der Waals surface area (Å²) in [5.41, 5.74) is 0.771. The second kappa shape index (κ2) is 10.9. The van der Waals surface area contributed by atoms with Crippen LogP contribution in [-0.4, -0.2) is 64.7 Å². The van der Waals surface area contributed by atoms with Gasteiger partial charge >= 0.3 is 6.09 Å². The fourth-order valence-corrected chi connectivity index (χ4v) is 6.94. The van der Waals surface area contributed by atoms with E-state index in [1.54, 1.807) is 16.2 Å². The molecule has 0 aromatic carbocycles. The monoisotopic (exact) mass is 575 g/mol. The van der Waals surface area contributed by atoms with Gasteiger partial charge in [-0.2, -0.15) is 0 Å². The molecule has 1 saturated heterocycles. The van der Waals surface area contributed by atoms with Gasteiger partial charge in [-0.15, -0.1) is 11.3 Å². The van der Waals surface area contributed by atoms with Crippen LogP contribution < -0.4 is 21.3 Å². The van der Waals surface area contributed by atoms with Crippen LogP contribution in [0.1, 0.15) is 87.0 Å². The number of fused-ring (bicyclic) bond motifs is 1. The summed E-state index contributed by atoms with van der Waals surface area (Å²) in [4.78, 5) is 41.3. The average Bonchev–Trinajstić information content (AvgIpc) is 3.76. The smallest absolute Gasteiger partial charge is 0.410 e. The first-order valence-electron chi connectivity index (χ1n) is 14.2. The summed E-state index contributed by atoms with van der Waals surface area (Å²) in [5.74, 6) is 0.587. The van der Waals surface area contributed by atoms with Crippen molar-refractivity contribution in [1.82, 2.24) is 20.9 Å². The lowest BCUT2D eigenvalue weighted by Gasteiger charge is -2.31. The van der Waals surface area contributed by atoms with Crippen molar-refractivity contribution in [2.75, 3.05) is 25.0 Å². The summed E-state index contributed by atoms with van der Waals surface area (Å²) in [5, 5.41) is 14.3. The van der Waals surface area contributed by atoms with Crippen molar-refractivity contribution in [1.29, 1.82) is 0 Å². The number of carbonyl (C=O) groups is 3. The summed E-state index contributed by atoms with van der Waals surface area (Å²) in [6.45, 7) is 9.48. The van der Waals surface area contributed by atoms with Gasteiger partial charge in [-0.05, 0) is 103 Å². The average molecular weight is 576 g/mol. The number of anilines is 1. The number of amides is 3. The summed E-state index contributed by atoms with van der Waals surface area (Å²) in [6.07, 6.45) is 7.01. The molecule has 2 atom stereocenters. The van der Waals surface area contributed by atoms with Crippen LogP contribution in [0, 0.1) is 11.8 Å². The highest BCUT2D eigenvalue weighted by atomic mass is 32.1. The molecule has 0 bridgehead atoms. The Labute approximate surface area is 240 Å². The highest BCUT2D eigenvalue weighted by molar-refractivity contribution is 7.80. The third-order valence-electron chi connectivity index (χ3n) is 7.80. The van der Waals surface area contributed by atoms with Crippen LogP contribution in [0.3, 0.4) is 0 Å². The molecular weight excluding hydrogens is 534 g/mol. The minimum atomic E-state index is -0.532. The number of hydrogen-bond acceptors (Lipinski definition) is 6. The Bertz CT molecular complexity index is 1150. The largest absolute Gasteiger partial charge is 0.444 e. The molecule has 2 saturated carbocycles. The quantitative estimate of drug-likeness (QED) is 0.364. The molecule has 39 heavy (non-hydrogen) atoms. The lowest BCUT2D eigenvalue weighted by Crippen LogP contribution is -2.54. The molecule has 11 heteroatoms. The normalized spacial score (nSPS) is 24.5. The van der Waals surface area contributed by atoms with E-state index in [0.29, 0.717) is 47.6 Å². The Balaban J connectivity index is 1.21. The molecule has 5 rings (SSSR count). The van der Waals surface area contributed by atoms with Crippen molar-refractivity contribution in [3.63, 3.8) is 0 Å². The van der Waals surface area contributed by atoms with E-state index in [1.807, 2.05) is 20.8 Å². The maximum Gasteiger partial charge on any atom is 0.410 e. The molecule has 1 unspecified atom stereocenters. The molecule has 2 heterocycles. The van der Waals surface area contributed by atoms with E-state index in [9.17, 15) is 14.4 Å². The number of thiophene rings is 1. The molecule has 1 aromatic rings. The minimum Gasteiger partial charge on any atom is -0.444 e. The highest BCUT2D eigenvalue weighted by Crippen LogP contribution is 2.40. The summed E-state index contributed by atoms with van der Waals surface area (Å²) in [7, 11) is 0. The van der Waals surface area contributed by atoms with Crippen molar-refractivity contribution in [3.05, 3.63) is 16.0 Å². The van der Waals surface area contributed by atoms with Crippen LogP contribution in [0.2, 0.25) is 0 Å². The van der Waals surface area contributed by atoms with Crippen LogP contribution >= 0.6 is 23.6 Å². The molecular formula is C28H41N5O4S2. The Morgan fingerprint density at radius 1 is 1.15 bits per heavy atom. The van der Waals surface area contributed by atoms with Crippen LogP contribution in [0.25, 0.3) is 0 Å². The molecule has 3 amide bonds. The first kappa shape index (κ1) is 28.1. The van der Waals surface area contributed by atoms with Crippen LogP contribution in [-0.2, 0) is 22.4 Å². The molecule has 4 aliphatic rings. The van der Waals surface area contributed by atoms with Gasteiger partial charge in [-0.25, -0.2) is 4.79 Å². The van der Waals surface area contributed by atoms with E-state index in [4.69, 9.17) is 17.0 Å². The van der Waals surface area contributed by atoms with Crippen molar-refractivity contribution < 1.29 is 19.1 Å². The third-order valence-corrected chi connectivity index (χ3v) is 9.22. The van der Waals surface area contributed by atoms with E-state index in [-0.39, 0.29) is 35.4 Å². The molecule has 9 nitrogen and oxygen atoms in total. The minimum absolute atomic E-state index is 0.0233. The van der Waals surface area contributed by atoms with Gasteiger partial charge < -0.3 is 30.9 Å². The van der Waals surface area contributed by atoms with Gasteiger partial charge in [-0.3, -0.25) is 9.59 Å². The Morgan fingerprint density at radius 2 is 1.90 bits per heavy atom. The fourth-order valence-electron chi connectivity index (χ4n) is 5.28. The Kier molecular flexibility index (Phi) is 7.85. The van der Waals surface area contributed by atoms with Crippen LogP contribution in [0.15, 0.2) is 0 Å². The van der Waals surface area contributed by atoms with E-state index in [0.717, 1.165) is 50.5 Å². The number of thiocarbonyl (C=S) groups is 1. The fraction of sp³-hybridized carbons (Fsp3) is 0.714. The molecule has 3 fully saturated rings. The molecule has 3 aliphatic carbocycles. The lowest BCUT2D eigenvalue weighted by atomic mass is 9.91. The maximum atomic E-state index is 13.3. The molecule has 1 aromatic heterocycles. The van der Waals surface area contributed by atoms with E-state index < -0.39 is 5.60 Å². The predicted molar refractivity (Wildman–Crippen MR) is 156 cm³/mol. The second-order valence-electron chi connectivity index (χ2n) is 12.9. The summed E-state index contributed by atoms with van der Waals surface area (Å²) in [6, 6.07) is 0.0704. The number of nitrogens with one attached hydrogen (secondary N) is 4. The first-order valence-corrected chi connectivity index (χ1v) is 15.4. The van der Waals surface area contributed by atoms with Gasteiger partial charge in [0, 0.05) is 36.5 Å². The predicted octanol–water partition coefficient (Wildman–Crippen LogP) is 3.96.